The standard InChI is InChI=1S/C22H21N7O/c1-15-4-9-19(16(2)14-15)26-22(30)25-18-7-5-17(6-8-18)24-20-10-11-21(28-27-20)29-13-3-12-23-29/h3-14H,1-2H3,(H,24,27)(H2,25,26,30). The van der Waals surface area contributed by atoms with Crippen LogP contribution in [0.4, 0.5) is 27.7 Å². The summed E-state index contributed by atoms with van der Waals surface area (Å²) >= 11 is 0. The minimum Gasteiger partial charge on any atom is -0.339 e. The lowest BCUT2D eigenvalue weighted by molar-refractivity contribution is 0.262. The van der Waals surface area contributed by atoms with E-state index in [1.807, 2.05) is 74.5 Å². The zero-order valence-corrected chi connectivity index (χ0v) is 16.6. The Morgan fingerprint density at radius 3 is 2.37 bits per heavy atom. The van der Waals surface area contributed by atoms with Crippen LogP contribution in [-0.4, -0.2) is 26.0 Å². The highest BCUT2D eigenvalue weighted by Gasteiger charge is 2.06. The number of aromatic nitrogens is 4. The average molecular weight is 399 g/mol. The Kier molecular flexibility index (Phi) is 5.38. The Bertz CT molecular complexity index is 1140. The van der Waals surface area contributed by atoms with Gasteiger partial charge in [-0.2, -0.15) is 5.10 Å². The second-order valence-corrected chi connectivity index (χ2v) is 6.83. The Labute approximate surface area is 174 Å². The first-order chi connectivity index (χ1) is 14.6. The van der Waals surface area contributed by atoms with E-state index in [1.165, 1.54) is 0 Å². The van der Waals surface area contributed by atoms with Crippen molar-refractivity contribution in [2.75, 3.05) is 16.0 Å². The highest BCUT2D eigenvalue weighted by Crippen LogP contribution is 2.19. The molecule has 150 valence electrons. The predicted octanol–water partition coefficient (Wildman–Crippen LogP) is 4.67. The number of amides is 2. The van der Waals surface area contributed by atoms with Crippen LogP contribution in [0.25, 0.3) is 5.82 Å². The second kappa shape index (κ2) is 8.44. The molecule has 0 spiro atoms. The van der Waals surface area contributed by atoms with Gasteiger partial charge in [0.2, 0.25) is 0 Å². The van der Waals surface area contributed by atoms with Gasteiger partial charge in [-0.3, -0.25) is 0 Å². The summed E-state index contributed by atoms with van der Waals surface area (Å²) in [6.45, 7) is 3.99. The first-order valence-corrected chi connectivity index (χ1v) is 9.43. The molecule has 3 N–H and O–H groups in total. The molecule has 0 unspecified atom stereocenters. The first-order valence-electron chi connectivity index (χ1n) is 9.43. The summed E-state index contributed by atoms with van der Waals surface area (Å²) in [5.41, 5.74) is 4.47. The number of benzene rings is 2. The van der Waals surface area contributed by atoms with Crippen LogP contribution in [-0.2, 0) is 0 Å². The molecule has 0 aliphatic rings. The molecule has 0 aliphatic carbocycles. The van der Waals surface area contributed by atoms with Gasteiger partial charge in [-0.15, -0.1) is 10.2 Å². The highest BCUT2D eigenvalue weighted by molar-refractivity contribution is 6.00. The van der Waals surface area contributed by atoms with Gasteiger partial charge in [-0.1, -0.05) is 17.7 Å². The molecule has 0 bridgehead atoms. The number of rotatable bonds is 5. The summed E-state index contributed by atoms with van der Waals surface area (Å²) in [7, 11) is 0. The number of aryl methyl sites for hydroxylation is 2. The van der Waals surface area contributed by atoms with Crippen molar-refractivity contribution in [3.63, 3.8) is 0 Å². The van der Waals surface area contributed by atoms with Crippen molar-refractivity contribution < 1.29 is 4.79 Å². The van der Waals surface area contributed by atoms with Crippen molar-refractivity contribution in [1.29, 1.82) is 0 Å². The monoisotopic (exact) mass is 399 g/mol. The smallest absolute Gasteiger partial charge is 0.323 e. The van der Waals surface area contributed by atoms with E-state index in [-0.39, 0.29) is 6.03 Å². The maximum absolute atomic E-state index is 12.3. The fraction of sp³-hybridized carbons (Fsp3) is 0.0909. The summed E-state index contributed by atoms with van der Waals surface area (Å²) in [6, 6.07) is 18.4. The van der Waals surface area contributed by atoms with Crippen molar-refractivity contribution in [2.45, 2.75) is 13.8 Å². The third kappa shape index (κ3) is 4.61. The summed E-state index contributed by atoms with van der Waals surface area (Å²) in [6.07, 6.45) is 3.49. The molecule has 2 heterocycles. The maximum atomic E-state index is 12.3. The van der Waals surface area contributed by atoms with Gasteiger partial charge in [0.1, 0.15) is 0 Å². The maximum Gasteiger partial charge on any atom is 0.323 e. The Morgan fingerprint density at radius 1 is 0.900 bits per heavy atom. The number of hydrogen-bond donors (Lipinski definition) is 3. The molecule has 2 amide bonds. The zero-order valence-electron chi connectivity index (χ0n) is 16.6. The zero-order chi connectivity index (χ0) is 20.9. The van der Waals surface area contributed by atoms with Crippen molar-refractivity contribution in [3.8, 4) is 5.82 Å². The van der Waals surface area contributed by atoms with Gasteiger partial charge in [0.05, 0.1) is 0 Å². The average Bonchev–Trinajstić information content (AvgIpc) is 3.27. The number of anilines is 4. The van der Waals surface area contributed by atoms with Crippen molar-refractivity contribution in [2.24, 2.45) is 0 Å². The van der Waals surface area contributed by atoms with Gasteiger partial charge < -0.3 is 16.0 Å². The van der Waals surface area contributed by atoms with Gasteiger partial charge in [0.15, 0.2) is 11.6 Å². The molecule has 8 heteroatoms. The normalized spacial score (nSPS) is 10.5. The third-order valence-corrected chi connectivity index (χ3v) is 4.43. The molecule has 4 aromatic rings. The van der Waals surface area contributed by atoms with E-state index >= 15 is 0 Å². The second-order valence-electron chi connectivity index (χ2n) is 6.83. The minimum absolute atomic E-state index is 0.289. The summed E-state index contributed by atoms with van der Waals surface area (Å²) in [5, 5.41) is 21.3. The van der Waals surface area contributed by atoms with Gasteiger partial charge in [-0.05, 0) is 67.9 Å². The quantitative estimate of drug-likeness (QED) is 0.453. The molecule has 2 aromatic carbocycles. The van der Waals surface area contributed by atoms with Crippen LogP contribution < -0.4 is 16.0 Å². The summed E-state index contributed by atoms with van der Waals surface area (Å²) < 4.78 is 1.64. The van der Waals surface area contributed by atoms with Crippen LogP contribution in [0, 0.1) is 13.8 Å². The summed E-state index contributed by atoms with van der Waals surface area (Å²) in [4.78, 5) is 12.3. The molecule has 2 aromatic heterocycles. The highest BCUT2D eigenvalue weighted by atomic mass is 16.2. The lowest BCUT2D eigenvalue weighted by Gasteiger charge is -2.11. The molecule has 0 radical (unpaired) electrons. The number of nitrogens with one attached hydrogen (secondary N) is 3. The van der Waals surface area contributed by atoms with Gasteiger partial charge in [0, 0.05) is 29.5 Å². The molecule has 8 nitrogen and oxygen atoms in total. The number of carbonyl (C=O) groups excluding carboxylic acids is 1. The molecule has 0 atom stereocenters. The Hall–Kier alpha value is -4.20. The fourth-order valence-electron chi connectivity index (χ4n) is 2.94. The fourth-order valence-corrected chi connectivity index (χ4v) is 2.94. The third-order valence-electron chi connectivity index (χ3n) is 4.43. The van der Waals surface area contributed by atoms with E-state index < -0.39 is 0 Å². The largest absolute Gasteiger partial charge is 0.339 e. The van der Waals surface area contributed by atoms with Gasteiger partial charge in [-0.25, -0.2) is 9.48 Å². The van der Waals surface area contributed by atoms with E-state index in [1.54, 1.807) is 17.1 Å². The van der Waals surface area contributed by atoms with Gasteiger partial charge in [0.25, 0.3) is 0 Å². The van der Waals surface area contributed by atoms with E-state index in [2.05, 4.69) is 31.2 Å². The SMILES string of the molecule is Cc1ccc(NC(=O)Nc2ccc(Nc3ccc(-n4cccn4)nn3)cc2)c(C)c1. The Balaban J connectivity index is 1.35. The van der Waals surface area contributed by atoms with Crippen LogP contribution in [0.5, 0.6) is 0 Å². The van der Waals surface area contributed by atoms with Crippen molar-refractivity contribution in [3.05, 3.63) is 84.2 Å². The molecular formula is C22H21N7O. The first kappa shape index (κ1) is 19.1. The number of nitrogens with zero attached hydrogens (tertiary/aromatic N) is 4. The minimum atomic E-state index is -0.289. The van der Waals surface area contributed by atoms with Crippen LogP contribution in [0.1, 0.15) is 11.1 Å². The van der Waals surface area contributed by atoms with E-state index in [9.17, 15) is 4.79 Å². The van der Waals surface area contributed by atoms with E-state index in [0.29, 0.717) is 17.3 Å². The summed E-state index contributed by atoms with van der Waals surface area (Å²) in [5.74, 6) is 1.25. The molecule has 0 fully saturated rings. The lowest BCUT2D eigenvalue weighted by Crippen LogP contribution is -2.19. The van der Waals surface area contributed by atoms with Crippen LogP contribution in [0.3, 0.4) is 0 Å². The number of carbonyl (C=O) groups is 1. The Morgan fingerprint density at radius 2 is 1.70 bits per heavy atom. The lowest BCUT2D eigenvalue weighted by atomic mass is 10.1. The molecule has 4 rings (SSSR count). The van der Waals surface area contributed by atoms with Crippen molar-refractivity contribution >= 4 is 28.9 Å². The molecular weight excluding hydrogens is 378 g/mol. The van der Waals surface area contributed by atoms with Crippen LogP contribution in [0.15, 0.2) is 73.1 Å². The topological polar surface area (TPSA) is 96.8 Å². The van der Waals surface area contributed by atoms with Gasteiger partial charge >= 0.3 is 6.03 Å². The van der Waals surface area contributed by atoms with Crippen molar-refractivity contribution in [1.82, 2.24) is 20.0 Å². The molecule has 0 aliphatic heterocycles. The van der Waals surface area contributed by atoms with E-state index in [0.717, 1.165) is 22.5 Å². The van der Waals surface area contributed by atoms with Crippen LogP contribution >= 0.6 is 0 Å². The molecule has 0 saturated heterocycles. The molecule has 0 saturated carbocycles. The predicted molar refractivity (Wildman–Crippen MR) is 117 cm³/mol. The number of urea groups is 1. The van der Waals surface area contributed by atoms with Crippen LogP contribution in [0.2, 0.25) is 0 Å². The number of hydrogen-bond acceptors (Lipinski definition) is 5. The van der Waals surface area contributed by atoms with E-state index in [4.69, 9.17) is 0 Å². The molecule has 30 heavy (non-hydrogen) atoms.